The number of carbonyl (C=O) groups is 2. The quantitative estimate of drug-likeness (QED) is 0.748. The Kier molecular flexibility index (Phi) is 6.84. The van der Waals surface area contributed by atoms with Gasteiger partial charge in [0.1, 0.15) is 5.75 Å². The van der Waals surface area contributed by atoms with Gasteiger partial charge in [-0.05, 0) is 37.1 Å². The van der Waals surface area contributed by atoms with E-state index >= 15 is 0 Å². The monoisotopic (exact) mass is 374 g/mol. The Bertz CT molecular complexity index is 613. The lowest BCUT2D eigenvalue weighted by molar-refractivity contribution is -0.274. The van der Waals surface area contributed by atoms with Crippen molar-refractivity contribution in [2.45, 2.75) is 31.7 Å². The van der Waals surface area contributed by atoms with Crippen molar-refractivity contribution < 1.29 is 32.2 Å². The van der Waals surface area contributed by atoms with Crippen molar-refractivity contribution >= 4 is 11.9 Å². The summed E-state index contributed by atoms with van der Waals surface area (Å²) in [5, 5.41) is 5.93. The molecule has 6 nitrogen and oxygen atoms in total. The number of hydrogen-bond acceptors (Lipinski definition) is 5. The molecule has 1 aliphatic heterocycles. The number of ether oxygens (including phenoxy) is 2. The smallest absolute Gasteiger partial charge is 0.469 e. The summed E-state index contributed by atoms with van der Waals surface area (Å²) in [5.74, 6) is -1.33. The van der Waals surface area contributed by atoms with Gasteiger partial charge in [0.05, 0.1) is 25.5 Å². The molecule has 9 heteroatoms. The Morgan fingerprint density at radius 3 is 2.54 bits per heavy atom. The van der Waals surface area contributed by atoms with Crippen LogP contribution in [0.1, 0.15) is 30.9 Å². The minimum atomic E-state index is -4.78. The maximum Gasteiger partial charge on any atom is 0.573 e. The molecule has 2 unspecified atom stereocenters. The van der Waals surface area contributed by atoms with E-state index in [1.165, 1.54) is 19.2 Å². The number of carbonyl (C=O) groups excluding carboxylic acids is 2. The van der Waals surface area contributed by atoms with Crippen LogP contribution in [0.5, 0.6) is 5.75 Å². The second-order valence-electron chi connectivity index (χ2n) is 6.00. The number of hydrogen-bond donors (Lipinski definition) is 2. The van der Waals surface area contributed by atoms with Crippen LogP contribution in [0.25, 0.3) is 0 Å². The number of amides is 1. The zero-order chi connectivity index (χ0) is 19.2. The molecule has 1 heterocycles. The van der Waals surface area contributed by atoms with Crippen LogP contribution in [0.3, 0.4) is 0 Å². The van der Waals surface area contributed by atoms with Crippen molar-refractivity contribution in [2.75, 3.05) is 20.2 Å². The number of piperidine rings is 1. The van der Waals surface area contributed by atoms with Crippen molar-refractivity contribution in [3.63, 3.8) is 0 Å². The zero-order valence-corrected chi connectivity index (χ0v) is 14.3. The average molecular weight is 374 g/mol. The zero-order valence-electron chi connectivity index (χ0n) is 14.3. The third kappa shape index (κ3) is 6.21. The van der Waals surface area contributed by atoms with Gasteiger partial charge in [-0.2, -0.15) is 0 Å². The highest BCUT2D eigenvalue weighted by atomic mass is 19.4. The number of methoxy groups -OCH3 is 1. The van der Waals surface area contributed by atoms with Crippen LogP contribution in [-0.2, 0) is 14.3 Å². The fraction of sp³-hybridized carbons (Fsp3) is 0.529. The summed E-state index contributed by atoms with van der Waals surface area (Å²) >= 11 is 0. The summed E-state index contributed by atoms with van der Waals surface area (Å²) in [5.41, 5.74) is 0.488. The normalized spacial score (nSPS) is 18.7. The summed E-state index contributed by atoms with van der Waals surface area (Å²) in [6.07, 6.45) is -3.29. The highest BCUT2D eigenvalue weighted by Crippen LogP contribution is 2.26. The van der Waals surface area contributed by atoms with E-state index < -0.39 is 18.4 Å². The third-order valence-corrected chi connectivity index (χ3v) is 4.10. The lowest BCUT2D eigenvalue weighted by Crippen LogP contribution is -2.42. The first-order chi connectivity index (χ1) is 12.3. The Morgan fingerprint density at radius 2 is 2.00 bits per heavy atom. The number of alkyl halides is 3. The molecule has 26 heavy (non-hydrogen) atoms. The average Bonchev–Trinajstić information content (AvgIpc) is 2.61. The molecule has 0 spiro atoms. The van der Waals surface area contributed by atoms with Crippen LogP contribution in [0.4, 0.5) is 13.2 Å². The lowest BCUT2D eigenvalue weighted by atomic mass is 9.97. The molecule has 1 fully saturated rings. The summed E-state index contributed by atoms with van der Waals surface area (Å²) in [7, 11) is 1.23. The van der Waals surface area contributed by atoms with Gasteiger partial charge < -0.3 is 20.1 Å². The van der Waals surface area contributed by atoms with Gasteiger partial charge in [0, 0.05) is 6.54 Å². The molecule has 2 rings (SSSR count). The highest BCUT2D eigenvalue weighted by molar-refractivity contribution is 5.80. The van der Waals surface area contributed by atoms with Crippen molar-refractivity contribution in [3.05, 3.63) is 29.8 Å². The SMILES string of the molecule is COC(=O)CC(NC(=O)C1CCCNC1)c1ccc(OC(F)(F)F)cc1. The summed E-state index contributed by atoms with van der Waals surface area (Å²) in [6, 6.07) is 4.35. The largest absolute Gasteiger partial charge is 0.573 e. The molecule has 1 aromatic rings. The van der Waals surface area contributed by atoms with Gasteiger partial charge in [0.2, 0.25) is 5.91 Å². The van der Waals surface area contributed by atoms with Crippen LogP contribution < -0.4 is 15.4 Å². The van der Waals surface area contributed by atoms with Gasteiger partial charge in [-0.25, -0.2) is 0 Å². The second-order valence-corrected chi connectivity index (χ2v) is 6.00. The Morgan fingerprint density at radius 1 is 1.31 bits per heavy atom. The number of halogens is 3. The Hall–Kier alpha value is -2.29. The van der Waals surface area contributed by atoms with E-state index in [0.29, 0.717) is 12.1 Å². The molecule has 0 aliphatic carbocycles. The molecule has 1 aliphatic rings. The van der Waals surface area contributed by atoms with Crippen LogP contribution in [0.2, 0.25) is 0 Å². The van der Waals surface area contributed by atoms with Crippen LogP contribution in [-0.4, -0.2) is 38.4 Å². The summed E-state index contributed by atoms with van der Waals surface area (Å²) < 4.78 is 45.2. The number of rotatable bonds is 6. The van der Waals surface area contributed by atoms with Crippen LogP contribution in [0.15, 0.2) is 24.3 Å². The first kappa shape index (κ1) is 20.0. The van der Waals surface area contributed by atoms with Crippen molar-refractivity contribution in [1.82, 2.24) is 10.6 Å². The molecular weight excluding hydrogens is 353 g/mol. The summed E-state index contributed by atoms with van der Waals surface area (Å²) in [6.45, 7) is 1.41. The molecule has 0 saturated carbocycles. The highest BCUT2D eigenvalue weighted by Gasteiger charge is 2.31. The maximum absolute atomic E-state index is 12.4. The number of esters is 1. The molecule has 0 bridgehead atoms. The van der Waals surface area contributed by atoms with Crippen LogP contribution >= 0.6 is 0 Å². The Labute approximate surface area is 149 Å². The molecule has 1 amide bonds. The van der Waals surface area contributed by atoms with E-state index in [4.69, 9.17) is 0 Å². The van der Waals surface area contributed by atoms with Gasteiger partial charge in [-0.15, -0.1) is 13.2 Å². The van der Waals surface area contributed by atoms with Gasteiger partial charge in [0.25, 0.3) is 0 Å². The Balaban J connectivity index is 2.10. The molecule has 1 aromatic carbocycles. The van der Waals surface area contributed by atoms with E-state index in [9.17, 15) is 22.8 Å². The van der Waals surface area contributed by atoms with Crippen molar-refractivity contribution in [1.29, 1.82) is 0 Å². The van der Waals surface area contributed by atoms with Gasteiger partial charge >= 0.3 is 12.3 Å². The second kappa shape index (κ2) is 8.88. The molecule has 0 aromatic heterocycles. The van der Waals surface area contributed by atoms with E-state index in [2.05, 4.69) is 20.1 Å². The fourth-order valence-corrected chi connectivity index (χ4v) is 2.77. The topological polar surface area (TPSA) is 76.7 Å². The fourth-order valence-electron chi connectivity index (χ4n) is 2.77. The minimum Gasteiger partial charge on any atom is -0.469 e. The minimum absolute atomic E-state index is 0.123. The predicted octanol–water partition coefficient (Wildman–Crippen LogP) is 2.31. The molecule has 0 radical (unpaired) electrons. The molecule has 2 N–H and O–H groups in total. The predicted molar refractivity (Wildman–Crippen MR) is 86.2 cm³/mol. The van der Waals surface area contributed by atoms with Crippen molar-refractivity contribution in [3.8, 4) is 5.75 Å². The first-order valence-electron chi connectivity index (χ1n) is 8.22. The van der Waals surface area contributed by atoms with E-state index in [0.717, 1.165) is 31.5 Å². The van der Waals surface area contributed by atoms with E-state index in [1.54, 1.807) is 0 Å². The summed E-state index contributed by atoms with van der Waals surface area (Å²) in [4.78, 5) is 24.1. The number of nitrogens with one attached hydrogen (secondary N) is 2. The molecular formula is C17H21F3N2O4. The van der Waals surface area contributed by atoms with Crippen molar-refractivity contribution in [2.24, 2.45) is 5.92 Å². The van der Waals surface area contributed by atoms with Crippen LogP contribution in [0, 0.1) is 5.92 Å². The number of benzene rings is 1. The molecule has 144 valence electrons. The van der Waals surface area contributed by atoms with Gasteiger partial charge in [-0.1, -0.05) is 12.1 Å². The van der Waals surface area contributed by atoms with E-state index in [1.807, 2.05) is 0 Å². The maximum atomic E-state index is 12.4. The standard InChI is InChI=1S/C17H21F3N2O4/c1-25-15(23)9-14(22-16(24)12-3-2-8-21-10-12)11-4-6-13(7-5-11)26-17(18,19)20/h4-7,12,14,21H,2-3,8-10H2,1H3,(H,22,24). The third-order valence-electron chi connectivity index (χ3n) is 4.10. The molecule has 1 saturated heterocycles. The lowest BCUT2D eigenvalue weighted by Gasteiger charge is -2.25. The van der Waals surface area contributed by atoms with E-state index in [-0.39, 0.29) is 24.0 Å². The van der Waals surface area contributed by atoms with Gasteiger partial charge in [-0.3, -0.25) is 9.59 Å². The first-order valence-corrected chi connectivity index (χ1v) is 8.22. The van der Waals surface area contributed by atoms with Gasteiger partial charge in [0.15, 0.2) is 0 Å². The molecule has 2 atom stereocenters.